The summed E-state index contributed by atoms with van der Waals surface area (Å²) in [5.74, 6) is -0.973. The number of halogens is 3. The maximum atomic E-state index is 14.2. The average molecular weight is 341 g/mol. The second-order valence-electron chi connectivity index (χ2n) is 4.80. The summed E-state index contributed by atoms with van der Waals surface area (Å²) < 4.78 is 29.4. The van der Waals surface area contributed by atoms with E-state index in [0.717, 1.165) is 6.07 Å². The van der Waals surface area contributed by atoms with E-state index in [0.29, 0.717) is 18.1 Å². The van der Waals surface area contributed by atoms with Gasteiger partial charge in [-0.25, -0.2) is 8.78 Å². The molecule has 4 nitrogen and oxygen atoms in total. The van der Waals surface area contributed by atoms with E-state index >= 15 is 0 Å². The van der Waals surface area contributed by atoms with Crippen molar-refractivity contribution < 1.29 is 8.78 Å². The van der Waals surface area contributed by atoms with E-state index in [2.05, 4.69) is 26.0 Å². The van der Waals surface area contributed by atoms with Crippen molar-refractivity contribution in [2.75, 3.05) is 0 Å². The summed E-state index contributed by atoms with van der Waals surface area (Å²) in [6, 6.07) is 3.99. The molecule has 1 aromatic carbocycles. The molecule has 0 amide bonds. The van der Waals surface area contributed by atoms with Crippen molar-refractivity contribution in [2.24, 2.45) is 10.7 Å². The number of fused-ring (bicyclic) bond motifs is 1. The summed E-state index contributed by atoms with van der Waals surface area (Å²) in [5.41, 5.74) is 5.75. The first kappa shape index (κ1) is 13.2. The van der Waals surface area contributed by atoms with Crippen molar-refractivity contribution >= 4 is 21.8 Å². The fraction of sp³-hybridized carbons (Fsp3) is 0.231. The number of rotatable bonds is 1. The van der Waals surface area contributed by atoms with Crippen molar-refractivity contribution in [3.8, 4) is 0 Å². The Morgan fingerprint density at radius 2 is 2.10 bits per heavy atom. The second kappa shape index (κ2) is 4.37. The largest absolute Gasteiger partial charge is 0.386 e. The molecule has 3 rings (SSSR count). The number of hydrogen-bond donors (Lipinski definition) is 1. The minimum absolute atomic E-state index is 0.181. The van der Waals surface area contributed by atoms with Gasteiger partial charge in [-0.2, -0.15) is 5.10 Å². The fourth-order valence-corrected chi connectivity index (χ4v) is 2.84. The van der Waals surface area contributed by atoms with Crippen molar-refractivity contribution in [1.82, 2.24) is 9.78 Å². The van der Waals surface area contributed by atoms with Crippen LogP contribution >= 0.6 is 15.9 Å². The molecule has 0 bridgehead atoms. The van der Waals surface area contributed by atoms with Gasteiger partial charge in [0.25, 0.3) is 0 Å². The third-order valence-corrected chi connectivity index (χ3v) is 4.04. The Labute approximate surface area is 122 Å². The van der Waals surface area contributed by atoms with Gasteiger partial charge in [0.05, 0.1) is 16.7 Å². The van der Waals surface area contributed by atoms with Crippen LogP contribution in [0.25, 0.3) is 0 Å². The highest BCUT2D eigenvalue weighted by Gasteiger charge is 2.37. The first-order chi connectivity index (χ1) is 9.41. The Kier molecular flexibility index (Phi) is 2.89. The van der Waals surface area contributed by atoms with Crippen LogP contribution in [-0.2, 0) is 12.1 Å². The summed E-state index contributed by atoms with van der Waals surface area (Å²) in [5, 5.41) is 4.15. The fourth-order valence-electron chi connectivity index (χ4n) is 2.50. The van der Waals surface area contributed by atoms with Crippen molar-refractivity contribution in [2.45, 2.75) is 19.0 Å². The van der Waals surface area contributed by atoms with Crippen LogP contribution in [0.2, 0.25) is 0 Å². The second-order valence-corrected chi connectivity index (χ2v) is 5.65. The smallest absolute Gasteiger partial charge is 0.140 e. The predicted octanol–water partition coefficient (Wildman–Crippen LogP) is 2.56. The lowest BCUT2D eigenvalue weighted by Gasteiger charge is -2.31. The zero-order valence-electron chi connectivity index (χ0n) is 10.6. The topological polar surface area (TPSA) is 56.2 Å². The number of nitrogens with two attached hydrogens (primary N) is 1. The Morgan fingerprint density at radius 1 is 1.35 bits per heavy atom. The summed E-state index contributed by atoms with van der Waals surface area (Å²) in [6.07, 6.45) is 1.61. The van der Waals surface area contributed by atoms with Gasteiger partial charge in [0, 0.05) is 17.8 Å². The van der Waals surface area contributed by atoms with Gasteiger partial charge in [0.1, 0.15) is 23.0 Å². The molecule has 2 N–H and O–H groups in total. The molecule has 1 atom stereocenters. The number of aromatic nitrogens is 2. The molecule has 1 aliphatic heterocycles. The molecular weight excluding hydrogens is 330 g/mol. The SMILES string of the molecule is CC1(c2cc(Br)c(F)cc2F)N=C(N)Cn2nccc21. The maximum Gasteiger partial charge on any atom is 0.140 e. The van der Waals surface area contributed by atoms with E-state index in [9.17, 15) is 8.78 Å². The van der Waals surface area contributed by atoms with Gasteiger partial charge in [0.15, 0.2) is 0 Å². The van der Waals surface area contributed by atoms with Crippen LogP contribution in [0.4, 0.5) is 8.78 Å². The molecule has 1 unspecified atom stereocenters. The molecule has 2 aromatic rings. The molecule has 0 radical (unpaired) electrons. The van der Waals surface area contributed by atoms with Gasteiger partial charge in [-0.15, -0.1) is 0 Å². The molecule has 0 saturated carbocycles. The van der Waals surface area contributed by atoms with E-state index in [1.807, 2.05) is 0 Å². The maximum absolute atomic E-state index is 14.2. The van der Waals surface area contributed by atoms with Crippen LogP contribution in [0, 0.1) is 11.6 Å². The zero-order valence-corrected chi connectivity index (χ0v) is 12.2. The van der Waals surface area contributed by atoms with Gasteiger partial charge >= 0.3 is 0 Å². The molecule has 0 aliphatic carbocycles. The van der Waals surface area contributed by atoms with Crippen molar-refractivity contribution in [3.05, 3.63) is 51.8 Å². The van der Waals surface area contributed by atoms with Crippen LogP contribution in [0.1, 0.15) is 18.2 Å². The zero-order chi connectivity index (χ0) is 14.5. The Hall–Kier alpha value is -1.76. The van der Waals surface area contributed by atoms with Gasteiger partial charge < -0.3 is 5.73 Å². The molecule has 7 heteroatoms. The highest BCUT2D eigenvalue weighted by Crippen LogP contribution is 2.38. The van der Waals surface area contributed by atoms with Crippen molar-refractivity contribution in [3.63, 3.8) is 0 Å². The van der Waals surface area contributed by atoms with Gasteiger partial charge in [-0.3, -0.25) is 9.67 Å². The molecule has 1 aromatic heterocycles. The number of hydrogen-bond acceptors (Lipinski definition) is 3. The van der Waals surface area contributed by atoms with Gasteiger partial charge in [-0.1, -0.05) is 0 Å². The summed E-state index contributed by atoms with van der Waals surface area (Å²) in [4.78, 5) is 4.38. The van der Waals surface area contributed by atoms with Crippen LogP contribution in [0.5, 0.6) is 0 Å². The summed E-state index contributed by atoms with van der Waals surface area (Å²) in [7, 11) is 0. The number of aliphatic imine (C=N–C) groups is 1. The van der Waals surface area contributed by atoms with Crippen molar-refractivity contribution in [1.29, 1.82) is 0 Å². The molecule has 104 valence electrons. The summed E-state index contributed by atoms with van der Waals surface area (Å²) in [6.45, 7) is 2.09. The molecule has 2 heterocycles. The first-order valence-electron chi connectivity index (χ1n) is 5.93. The Morgan fingerprint density at radius 3 is 2.85 bits per heavy atom. The van der Waals surface area contributed by atoms with Gasteiger partial charge in [-0.05, 0) is 35.0 Å². The minimum atomic E-state index is -1.03. The van der Waals surface area contributed by atoms with Crippen LogP contribution in [0.15, 0.2) is 33.9 Å². The lowest BCUT2D eigenvalue weighted by atomic mass is 9.87. The van der Waals surface area contributed by atoms with Crippen LogP contribution < -0.4 is 5.73 Å². The third-order valence-electron chi connectivity index (χ3n) is 3.43. The van der Waals surface area contributed by atoms with E-state index in [-0.39, 0.29) is 10.0 Å². The first-order valence-corrected chi connectivity index (χ1v) is 6.72. The highest BCUT2D eigenvalue weighted by molar-refractivity contribution is 9.10. The quantitative estimate of drug-likeness (QED) is 0.811. The molecule has 20 heavy (non-hydrogen) atoms. The number of benzene rings is 1. The van der Waals surface area contributed by atoms with E-state index < -0.39 is 17.2 Å². The molecular formula is C13H11BrF2N4. The normalized spacial score (nSPS) is 21.5. The highest BCUT2D eigenvalue weighted by atomic mass is 79.9. The third kappa shape index (κ3) is 1.84. The molecule has 0 saturated heterocycles. The predicted molar refractivity (Wildman–Crippen MR) is 74.4 cm³/mol. The minimum Gasteiger partial charge on any atom is -0.386 e. The lowest BCUT2D eigenvalue weighted by molar-refractivity contribution is 0.466. The Bertz CT molecular complexity index is 725. The Balaban J connectivity index is 2.27. The number of amidine groups is 1. The van der Waals surface area contributed by atoms with Gasteiger partial charge in [0.2, 0.25) is 0 Å². The number of nitrogens with zero attached hydrogens (tertiary/aromatic N) is 3. The monoisotopic (exact) mass is 340 g/mol. The van der Waals surface area contributed by atoms with E-state index in [1.165, 1.54) is 6.07 Å². The van der Waals surface area contributed by atoms with E-state index in [4.69, 9.17) is 5.73 Å². The van der Waals surface area contributed by atoms with Crippen LogP contribution in [-0.4, -0.2) is 15.6 Å². The molecule has 0 spiro atoms. The van der Waals surface area contributed by atoms with E-state index in [1.54, 1.807) is 23.9 Å². The molecule has 1 aliphatic rings. The van der Waals surface area contributed by atoms with Crippen LogP contribution in [0.3, 0.4) is 0 Å². The standard InChI is InChI=1S/C13H11BrF2N4/c1-13(7-4-8(14)10(16)5-9(7)15)11-2-3-18-20(11)6-12(17)19-13/h2-5H,6H2,1H3,(H2,17,19). The summed E-state index contributed by atoms with van der Waals surface area (Å²) >= 11 is 3.07. The lowest BCUT2D eigenvalue weighted by Crippen LogP contribution is -2.37. The molecule has 0 fully saturated rings. The average Bonchev–Trinajstić information content (AvgIpc) is 2.82.